The zero-order valence-electron chi connectivity index (χ0n) is 17.8. The summed E-state index contributed by atoms with van der Waals surface area (Å²) in [6, 6.07) is 7.71. The summed E-state index contributed by atoms with van der Waals surface area (Å²) in [6.07, 6.45) is 4.08. The third kappa shape index (κ3) is 5.08. The van der Waals surface area contributed by atoms with E-state index in [1.165, 1.54) is 24.7 Å². The first kappa shape index (κ1) is 21.8. The van der Waals surface area contributed by atoms with E-state index in [0.717, 1.165) is 10.9 Å². The minimum atomic E-state index is -2.44. The number of carbonyl (C=O) groups excluding carboxylic acids is 1. The van der Waals surface area contributed by atoms with Crippen LogP contribution >= 0.6 is 0 Å². The molecule has 1 unspecified atom stereocenters. The lowest BCUT2D eigenvalue weighted by molar-refractivity contribution is -0.119. The number of anilines is 3. The summed E-state index contributed by atoms with van der Waals surface area (Å²) in [7, 11) is -2.44. The van der Waals surface area contributed by atoms with Gasteiger partial charge in [-0.3, -0.25) is 4.79 Å². The fourth-order valence-corrected chi connectivity index (χ4v) is 4.25. The minimum Gasteiger partial charge on any atom is -0.489 e. The first-order valence-electron chi connectivity index (χ1n) is 10.0. The summed E-state index contributed by atoms with van der Waals surface area (Å²) in [5, 5.41) is 6.81. The molecule has 0 radical (unpaired) electrons. The van der Waals surface area contributed by atoms with Crippen LogP contribution in [-0.2, 0) is 14.5 Å². The van der Waals surface area contributed by atoms with Crippen LogP contribution in [0.5, 0.6) is 5.75 Å². The number of aryl methyl sites for hydroxylation is 1. The summed E-state index contributed by atoms with van der Waals surface area (Å²) in [5.74, 6) is 4.02. The van der Waals surface area contributed by atoms with Crippen molar-refractivity contribution in [3.63, 3.8) is 0 Å². The number of hydrogen-bond donors (Lipinski definition) is 3. The van der Waals surface area contributed by atoms with Gasteiger partial charge in [0.05, 0.1) is 17.2 Å². The quantitative estimate of drug-likeness (QED) is 0.471. The number of nitrogens with zero attached hydrogens (tertiary/aromatic N) is 2. The number of rotatable bonds is 7. The topological polar surface area (TPSA) is 105 Å². The molecule has 1 fully saturated rings. The Kier molecular flexibility index (Phi) is 5.88. The molecule has 0 spiro atoms. The number of amides is 1. The molecule has 168 valence electrons. The predicted octanol–water partition coefficient (Wildman–Crippen LogP) is 3.15. The molecule has 0 aliphatic carbocycles. The van der Waals surface area contributed by atoms with E-state index < -0.39 is 15.5 Å². The largest absolute Gasteiger partial charge is 0.489 e. The second kappa shape index (κ2) is 8.62. The number of nitrogens with one attached hydrogen (secondary N) is 3. The second-order valence-electron chi connectivity index (χ2n) is 7.90. The molecule has 10 heteroatoms. The highest BCUT2D eigenvalue weighted by Gasteiger charge is 2.22. The average Bonchev–Trinajstić information content (AvgIpc) is 3.12. The third-order valence-corrected chi connectivity index (χ3v) is 5.66. The van der Waals surface area contributed by atoms with Crippen molar-refractivity contribution in [1.82, 2.24) is 15.3 Å². The van der Waals surface area contributed by atoms with Gasteiger partial charge in [0.25, 0.3) is 0 Å². The third-order valence-electron chi connectivity index (χ3n) is 4.99. The van der Waals surface area contributed by atoms with E-state index in [-0.39, 0.29) is 18.6 Å². The maximum absolute atomic E-state index is 13.9. The molecule has 32 heavy (non-hydrogen) atoms. The Bertz CT molecular complexity index is 1300. The fourth-order valence-electron chi connectivity index (χ4n) is 3.63. The van der Waals surface area contributed by atoms with Crippen molar-refractivity contribution < 1.29 is 18.1 Å². The molecule has 4 rings (SSSR count). The molecule has 1 aromatic heterocycles. The molecule has 0 saturated carbocycles. The molecule has 8 nitrogen and oxygen atoms in total. The van der Waals surface area contributed by atoms with Gasteiger partial charge in [-0.15, -0.1) is 0 Å². The standard InChI is InChI=1S/C22H24FN5O3S/c1-13-8-16(28-32(2,3)30)10-18-21(13)22(25-12-24-18)27-17-6-4-14(23)9-19(17)31-11-15-5-7-20(29)26-15/h4,6,8-10,12,15H,2,5,7,11H2,1,3H3,(H,26,29)(H,28,30)(H,24,25,27)/t15-,32?/m1/s1. The number of carbonyl (C=O) groups is 1. The number of ether oxygens (including phenoxy) is 1. The first-order chi connectivity index (χ1) is 15.2. The highest BCUT2D eigenvalue weighted by molar-refractivity contribution is 8.00. The zero-order valence-corrected chi connectivity index (χ0v) is 18.6. The van der Waals surface area contributed by atoms with E-state index in [9.17, 15) is 13.4 Å². The normalized spacial score (nSPS) is 17.6. The summed E-state index contributed by atoms with van der Waals surface area (Å²) in [4.78, 5) is 20.1. The number of halogens is 1. The van der Waals surface area contributed by atoms with Gasteiger partial charge in [-0.1, -0.05) is 0 Å². The molecule has 3 aromatic rings. The number of fused-ring (bicyclic) bond motifs is 1. The molecule has 2 atom stereocenters. The van der Waals surface area contributed by atoms with E-state index in [1.54, 1.807) is 12.1 Å². The van der Waals surface area contributed by atoms with Crippen LogP contribution in [0.3, 0.4) is 0 Å². The summed E-state index contributed by atoms with van der Waals surface area (Å²) >= 11 is 0. The van der Waals surface area contributed by atoms with Crippen LogP contribution in [0.25, 0.3) is 10.9 Å². The molecule has 2 heterocycles. The van der Waals surface area contributed by atoms with Crippen LogP contribution in [-0.4, -0.2) is 44.9 Å². The minimum absolute atomic E-state index is 0.00858. The first-order valence-corrected chi connectivity index (χ1v) is 12.2. The van der Waals surface area contributed by atoms with Gasteiger partial charge in [-0.2, -0.15) is 0 Å². The Morgan fingerprint density at radius 2 is 2.12 bits per heavy atom. The lowest BCUT2D eigenvalue weighted by atomic mass is 10.1. The lowest BCUT2D eigenvalue weighted by Crippen LogP contribution is -2.31. The number of benzene rings is 2. The lowest BCUT2D eigenvalue weighted by Gasteiger charge is -2.17. The molecular formula is C22H24FN5O3S. The number of aromatic nitrogens is 2. The summed E-state index contributed by atoms with van der Waals surface area (Å²) < 4.78 is 34.6. The SMILES string of the molecule is C=S(C)(=O)Nc1cc(C)c2c(Nc3ccc(F)cc3OC[C@H]3CCC(=O)N3)ncnc2c1. The van der Waals surface area contributed by atoms with E-state index >= 15 is 0 Å². The van der Waals surface area contributed by atoms with E-state index in [0.29, 0.717) is 41.3 Å². The molecule has 0 bridgehead atoms. The Morgan fingerprint density at radius 3 is 2.84 bits per heavy atom. The highest BCUT2D eigenvalue weighted by Crippen LogP contribution is 2.33. The van der Waals surface area contributed by atoms with Crippen LogP contribution in [0, 0.1) is 12.7 Å². The van der Waals surface area contributed by atoms with Gasteiger partial charge in [0, 0.05) is 39.5 Å². The maximum Gasteiger partial charge on any atom is 0.220 e. The van der Waals surface area contributed by atoms with Crippen molar-refractivity contribution in [3.8, 4) is 5.75 Å². The average molecular weight is 458 g/mol. The van der Waals surface area contributed by atoms with Crippen molar-refractivity contribution in [3.05, 3.63) is 48.0 Å². The van der Waals surface area contributed by atoms with Crippen molar-refractivity contribution in [2.45, 2.75) is 25.8 Å². The molecule has 1 saturated heterocycles. The van der Waals surface area contributed by atoms with Crippen molar-refractivity contribution in [2.24, 2.45) is 0 Å². The van der Waals surface area contributed by atoms with Gasteiger partial charge < -0.3 is 20.1 Å². The zero-order chi connectivity index (χ0) is 22.9. The Labute approximate surface area is 185 Å². The van der Waals surface area contributed by atoms with Crippen molar-refractivity contribution in [1.29, 1.82) is 0 Å². The van der Waals surface area contributed by atoms with Crippen LogP contribution < -0.4 is 20.1 Å². The summed E-state index contributed by atoms with van der Waals surface area (Å²) in [6.45, 7) is 2.14. The van der Waals surface area contributed by atoms with Gasteiger partial charge in [-0.25, -0.2) is 18.6 Å². The fraction of sp³-hybridized carbons (Fsp3) is 0.273. The van der Waals surface area contributed by atoms with Gasteiger partial charge in [0.15, 0.2) is 0 Å². The smallest absolute Gasteiger partial charge is 0.220 e. The van der Waals surface area contributed by atoms with Gasteiger partial charge in [0.2, 0.25) is 5.91 Å². The van der Waals surface area contributed by atoms with Gasteiger partial charge in [0.1, 0.15) is 30.3 Å². The van der Waals surface area contributed by atoms with E-state index in [1.807, 2.05) is 13.0 Å². The summed E-state index contributed by atoms with van der Waals surface area (Å²) in [5.41, 5.74) is 2.68. The van der Waals surface area contributed by atoms with Crippen LogP contribution in [0.4, 0.5) is 21.6 Å². The van der Waals surface area contributed by atoms with Crippen LogP contribution in [0.2, 0.25) is 0 Å². The maximum atomic E-state index is 13.9. The second-order valence-corrected chi connectivity index (χ2v) is 10.1. The van der Waals surface area contributed by atoms with E-state index in [4.69, 9.17) is 4.74 Å². The van der Waals surface area contributed by atoms with Crippen LogP contribution in [0.1, 0.15) is 18.4 Å². The van der Waals surface area contributed by atoms with Crippen molar-refractivity contribution >= 4 is 49.6 Å². The molecule has 3 N–H and O–H groups in total. The Balaban J connectivity index is 1.64. The van der Waals surface area contributed by atoms with Gasteiger partial charge in [-0.05, 0) is 49.0 Å². The molecular weight excluding hydrogens is 433 g/mol. The highest BCUT2D eigenvalue weighted by atomic mass is 32.2. The predicted molar refractivity (Wildman–Crippen MR) is 125 cm³/mol. The monoisotopic (exact) mass is 457 g/mol. The molecule has 1 aliphatic heterocycles. The van der Waals surface area contributed by atoms with Crippen LogP contribution in [0.15, 0.2) is 36.7 Å². The molecule has 1 amide bonds. The molecule has 2 aromatic carbocycles. The number of hydrogen-bond acceptors (Lipinski definition) is 6. The Hall–Kier alpha value is -3.40. The Morgan fingerprint density at radius 1 is 1.31 bits per heavy atom. The molecule has 1 aliphatic rings. The van der Waals surface area contributed by atoms with E-state index in [2.05, 4.69) is 31.2 Å². The van der Waals surface area contributed by atoms with Crippen molar-refractivity contribution in [2.75, 3.05) is 22.9 Å². The van der Waals surface area contributed by atoms with Gasteiger partial charge >= 0.3 is 0 Å².